The number of esters is 1. The predicted octanol–water partition coefficient (Wildman–Crippen LogP) is 2.38. The van der Waals surface area contributed by atoms with E-state index in [-0.39, 0.29) is 5.82 Å². The molecule has 1 heterocycles. The van der Waals surface area contributed by atoms with Crippen molar-refractivity contribution in [2.75, 3.05) is 37.4 Å². The fourth-order valence-electron chi connectivity index (χ4n) is 1.52. The van der Waals surface area contributed by atoms with Crippen LogP contribution in [0.1, 0.15) is 37.6 Å². The normalized spacial score (nSPS) is 10.8. The van der Waals surface area contributed by atoms with E-state index in [0.29, 0.717) is 36.2 Å². The van der Waals surface area contributed by atoms with Crippen LogP contribution in [0.2, 0.25) is 0 Å². The van der Waals surface area contributed by atoms with Crippen molar-refractivity contribution in [1.82, 2.24) is 4.37 Å². The van der Waals surface area contributed by atoms with Gasteiger partial charge in [-0.3, -0.25) is 0 Å². The van der Waals surface area contributed by atoms with Gasteiger partial charge >= 0.3 is 5.97 Å². The maximum absolute atomic E-state index is 11.8. The zero-order valence-corrected chi connectivity index (χ0v) is 13.1. The van der Waals surface area contributed by atoms with Crippen molar-refractivity contribution >= 4 is 28.3 Å². The summed E-state index contributed by atoms with van der Waals surface area (Å²) in [6.07, 6.45) is 0.854. The molecular weight excluding hydrogens is 278 g/mol. The van der Waals surface area contributed by atoms with Crippen molar-refractivity contribution in [2.24, 2.45) is 5.92 Å². The first kappa shape index (κ1) is 16.7. The van der Waals surface area contributed by atoms with Crippen molar-refractivity contribution in [3.8, 4) is 0 Å². The van der Waals surface area contributed by atoms with Gasteiger partial charge in [0.15, 0.2) is 5.82 Å². The Bertz CT molecular complexity index is 421. The van der Waals surface area contributed by atoms with Gasteiger partial charge in [-0.2, -0.15) is 4.37 Å². The maximum atomic E-state index is 11.8. The number of nitrogens with zero attached hydrogens (tertiary/aromatic N) is 1. The SMILES string of the molecule is CCOC(=O)c1c(N)nsc1NCCCOCC(C)C. The Kier molecular flexibility index (Phi) is 7.32. The van der Waals surface area contributed by atoms with Gasteiger partial charge in [-0.25, -0.2) is 4.79 Å². The second-order valence-electron chi connectivity index (χ2n) is 4.74. The summed E-state index contributed by atoms with van der Waals surface area (Å²) in [5.41, 5.74) is 6.02. The summed E-state index contributed by atoms with van der Waals surface area (Å²) in [5, 5.41) is 3.81. The quantitative estimate of drug-likeness (QED) is 0.538. The molecule has 0 fully saturated rings. The minimum Gasteiger partial charge on any atom is -0.462 e. The molecule has 0 unspecified atom stereocenters. The van der Waals surface area contributed by atoms with Gasteiger partial charge < -0.3 is 20.5 Å². The lowest BCUT2D eigenvalue weighted by atomic mass is 10.2. The lowest BCUT2D eigenvalue weighted by Crippen LogP contribution is -2.12. The zero-order valence-electron chi connectivity index (χ0n) is 12.3. The van der Waals surface area contributed by atoms with E-state index < -0.39 is 5.97 Å². The summed E-state index contributed by atoms with van der Waals surface area (Å²) in [4.78, 5) is 11.8. The van der Waals surface area contributed by atoms with Crippen molar-refractivity contribution < 1.29 is 14.3 Å². The molecule has 0 atom stereocenters. The van der Waals surface area contributed by atoms with Gasteiger partial charge in [0.05, 0.1) is 6.61 Å². The fourth-order valence-corrected chi connectivity index (χ4v) is 2.25. The van der Waals surface area contributed by atoms with E-state index in [2.05, 4.69) is 23.5 Å². The van der Waals surface area contributed by atoms with Crippen LogP contribution in [0.5, 0.6) is 0 Å². The highest BCUT2D eigenvalue weighted by molar-refractivity contribution is 7.11. The van der Waals surface area contributed by atoms with Crippen LogP contribution >= 0.6 is 11.5 Å². The number of nitrogen functional groups attached to an aromatic ring is 1. The van der Waals surface area contributed by atoms with E-state index in [1.807, 2.05) is 0 Å². The van der Waals surface area contributed by atoms with Crippen LogP contribution < -0.4 is 11.1 Å². The Hall–Kier alpha value is -1.34. The van der Waals surface area contributed by atoms with E-state index >= 15 is 0 Å². The highest BCUT2D eigenvalue weighted by Crippen LogP contribution is 2.27. The first-order valence-electron chi connectivity index (χ1n) is 6.80. The molecule has 1 aromatic rings. The van der Waals surface area contributed by atoms with Crippen LogP contribution in [-0.4, -0.2) is 36.7 Å². The Morgan fingerprint density at radius 2 is 2.25 bits per heavy atom. The summed E-state index contributed by atoms with van der Waals surface area (Å²) in [5.74, 6) is 0.323. The molecule has 1 aromatic heterocycles. The molecular formula is C13H23N3O3S. The molecule has 0 saturated carbocycles. The molecule has 0 radical (unpaired) electrons. The number of aromatic nitrogens is 1. The Morgan fingerprint density at radius 1 is 1.50 bits per heavy atom. The average molecular weight is 301 g/mol. The van der Waals surface area contributed by atoms with E-state index in [1.54, 1.807) is 6.92 Å². The number of ether oxygens (including phenoxy) is 2. The molecule has 0 aliphatic carbocycles. The van der Waals surface area contributed by atoms with Crippen molar-refractivity contribution in [2.45, 2.75) is 27.2 Å². The molecule has 0 aromatic carbocycles. The highest BCUT2D eigenvalue weighted by atomic mass is 32.1. The number of carbonyl (C=O) groups excluding carboxylic acids is 1. The fraction of sp³-hybridized carbons (Fsp3) is 0.692. The zero-order chi connectivity index (χ0) is 15.0. The van der Waals surface area contributed by atoms with Gasteiger partial charge in [0, 0.05) is 19.8 Å². The molecule has 0 bridgehead atoms. The largest absolute Gasteiger partial charge is 0.462 e. The molecule has 6 nitrogen and oxygen atoms in total. The lowest BCUT2D eigenvalue weighted by Gasteiger charge is -2.08. The Balaban J connectivity index is 2.39. The minimum absolute atomic E-state index is 0.215. The van der Waals surface area contributed by atoms with Crippen LogP contribution in [0.15, 0.2) is 0 Å². The molecule has 0 aliphatic rings. The topological polar surface area (TPSA) is 86.5 Å². The van der Waals surface area contributed by atoms with Gasteiger partial charge in [-0.1, -0.05) is 13.8 Å². The molecule has 0 aliphatic heterocycles. The molecule has 1 rings (SSSR count). The number of hydrogen-bond acceptors (Lipinski definition) is 7. The van der Waals surface area contributed by atoms with E-state index in [9.17, 15) is 4.79 Å². The van der Waals surface area contributed by atoms with Gasteiger partial charge in [0.25, 0.3) is 0 Å². The molecule has 0 saturated heterocycles. The summed E-state index contributed by atoms with van der Waals surface area (Å²) >= 11 is 1.17. The average Bonchev–Trinajstić information content (AvgIpc) is 2.75. The summed E-state index contributed by atoms with van der Waals surface area (Å²) in [7, 11) is 0. The number of anilines is 2. The molecule has 114 valence electrons. The third-order valence-corrected chi connectivity index (χ3v) is 3.22. The summed E-state index contributed by atoms with van der Waals surface area (Å²) in [6.45, 7) is 8.46. The molecule has 0 spiro atoms. The van der Waals surface area contributed by atoms with Gasteiger partial charge in [0.1, 0.15) is 10.6 Å². The Labute approximate surface area is 123 Å². The van der Waals surface area contributed by atoms with Gasteiger partial charge in [0.2, 0.25) is 0 Å². The molecule has 20 heavy (non-hydrogen) atoms. The third-order valence-electron chi connectivity index (χ3n) is 2.40. The summed E-state index contributed by atoms with van der Waals surface area (Å²) in [6, 6.07) is 0. The first-order chi connectivity index (χ1) is 9.56. The standard InChI is InChI=1S/C13H23N3O3S/c1-4-19-13(17)10-11(14)16-20-12(10)15-6-5-7-18-8-9(2)3/h9,15H,4-8H2,1-3H3,(H2,14,16). The second-order valence-corrected chi connectivity index (χ2v) is 5.51. The number of nitrogens with two attached hydrogens (primary N) is 1. The van der Waals surface area contributed by atoms with Crippen LogP contribution in [0, 0.1) is 5.92 Å². The lowest BCUT2D eigenvalue weighted by molar-refractivity contribution is 0.0529. The highest BCUT2D eigenvalue weighted by Gasteiger charge is 2.20. The van der Waals surface area contributed by atoms with Crippen LogP contribution in [0.4, 0.5) is 10.8 Å². The van der Waals surface area contributed by atoms with Crippen molar-refractivity contribution in [3.63, 3.8) is 0 Å². The second kappa shape index (κ2) is 8.76. The maximum Gasteiger partial charge on any atom is 0.344 e. The number of carbonyl (C=O) groups is 1. The van der Waals surface area contributed by atoms with E-state index in [1.165, 1.54) is 11.5 Å². The van der Waals surface area contributed by atoms with Crippen LogP contribution in [-0.2, 0) is 9.47 Å². The predicted molar refractivity (Wildman–Crippen MR) is 81.2 cm³/mol. The Morgan fingerprint density at radius 3 is 2.90 bits per heavy atom. The molecule has 3 N–H and O–H groups in total. The molecule has 0 amide bonds. The molecule has 7 heteroatoms. The van der Waals surface area contributed by atoms with Crippen LogP contribution in [0.25, 0.3) is 0 Å². The first-order valence-corrected chi connectivity index (χ1v) is 7.57. The van der Waals surface area contributed by atoms with Crippen molar-refractivity contribution in [1.29, 1.82) is 0 Å². The number of nitrogens with one attached hydrogen (secondary N) is 1. The van der Waals surface area contributed by atoms with Crippen LogP contribution in [0.3, 0.4) is 0 Å². The van der Waals surface area contributed by atoms with Crippen molar-refractivity contribution in [3.05, 3.63) is 5.56 Å². The number of hydrogen-bond donors (Lipinski definition) is 2. The third kappa shape index (κ3) is 5.34. The van der Waals surface area contributed by atoms with E-state index in [4.69, 9.17) is 15.2 Å². The monoisotopic (exact) mass is 301 g/mol. The summed E-state index contributed by atoms with van der Waals surface area (Å²) < 4.78 is 14.4. The van der Waals surface area contributed by atoms with Gasteiger partial charge in [-0.05, 0) is 30.8 Å². The van der Waals surface area contributed by atoms with E-state index in [0.717, 1.165) is 13.0 Å². The smallest absolute Gasteiger partial charge is 0.344 e. The minimum atomic E-state index is -0.433. The number of rotatable bonds is 9. The van der Waals surface area contributed by atoms with Gasteiger partial charge in [-0.15, -0.1) is 0 Å².